The molecule has 0 saturated carbocycles. The van der Waals surface area contributed by atoms with E-state index >= 15 is 0 Å². The van der Waals surface area contributed by atoms with E-state index in [1.54, 1.807) is 0 Å². The van der Waals surface area contributed by atoms with Gasteiger partial charge in [-0.1, -0.05) is 0 Å². The highest BCUT2D eigenvalue weighted by Gasteiger charge is 2.34. The Labute approximate surface area is 80.3 Å². The molecule has 1 aromatic heterocycles. The number of carbonyl (C=O) groups is 1. The van der Waals surface area contributed by atoms with Crippen molar-refractivity contribution in [2.45, 2.75) is 18.4 Å². The average molecular weight is 216 g/mol. The van der Waals surface area contributed by atoms with Gasteiger partial charge in [-0.05, 0) is 6.92 Å². The first-order valence-electron chi connectivity index (χ1n) is 3.95. The molecular weight excluding hydrogens is 208 g/mol. The van der Waals surface area contributed by atoms with E-state index in [2.05, 4.69) is 0 Å². The molecule has 0 amide bonds. The van der Waals surface area contributed by atoms with E-state index in [0.717, 1.165) is 0 Å². The zero-order chi connectivity index (χ0) is 10.5. The van der Waals surface area contributed by atoms with E-state index in [4.69, 9.17) is 9.52 Å². The summed E-state index contributed by atoms with van der Waals surface area (Å²) in [6.45, 7) is 1.52. The SMILES string of the molecule is Cc1oc2c(c1C(=O)O)CS(=O)(=O)C2. The lowest BCUT2D eigenvalue weighted by Gasteiger charge is -1.94. The molecule has 6 heteroatoms. The molecule has 0 radical (unpaired) electrons. The van der Waals surface area contributed by atoms with Crippen LogP contribution >= 0.6 is 0 Å². The minimum absolute atomic E-state index is 0.000995. The number of aryl methyl sites for hydroxylation is 1. The monoisotopic (exact) mass is 216 g/mol. The van der Waals surface area contributed by atoms with Crippen LogP contribution in [0.15, 0.2) is 4.42 Å². The number of aromatic carboxylic acids is 1. The highest BCUT2D eigenvalue weighted by Crippen LogP contribution is 2.32. The van der Waals surface area contributed by atoms with Crippen molar-refractivity contribution < 1.29 is 22.7 Å². The number of carboxylic acid groups (broad SMARTS) is 1. The van der Waals surface area contributed by atoms with Gasteiger partial charge >= 0.3 is 5.97 Å². The fourth-order valence-corrected chi connectivity index (χ4v) is 3.15. The Morgan fingerprint density at radius 2 is 2.07 bits per heavy atom. The summed E-state index contributed by atoms with van der Waals surface area (Å²) in [5.74, 6) is -0.987. The van der Waals surface area contributed by atoms with Crippen LogP contribution in [0.4, 0.5) is 0 Å². The second-order valence-corrected chi connectivity index (χ2v) is 5.34. The Kier molecular flexibility index (Phi) is 1.72. The summed E-state index contributed by atoms with van der Waals surface area (Å²) in [6.07, 6.45) is 0. The predicted molar refractivity (Wildman–Crippen MR) is 46.7 cm³/mol. The summed E-state index contributed by atoms with van der Waals surface area (Å²) in [6, 6.07) is 0. The molecule has 0 unspecified atom stereocenters. The van der Waals surface area contributed by atoms with Crippen LogP contribution in [-0.4, -0.2) is 19.5 Å². The first kappa shape index (κ1) is 9.26. The number of sulfone groups is 1. The normalized spacial score (nSPS) is 18.1. The van der Waals surface area contributed by atoms with Gasteiger partial charge < -0.3 is 9.52 Å². The zero-order valence-corrected chi connectivity index (χ0v) is 8.22. The molecule has 1 N–H and O–H groups in total. The Morgan fingerprint density at radius 3 is 2.64 bits per heavy atom. The highest BCUT2D eigenvalue weighted by atomic mass is 32.2. The summed E-state index contributed by atoms with van der Waals surface area (Å²) in [4.78, 5) is 10.8. The van der Waals surface area contributed by atoms with Gasteiger partial charge in [0.15, 0.2) is 9.84 Å². The molecule has 1 aromatic rings. The second kappa shape index (κ2) is 2.60. The lowest BCUT2D eigenvalue weighted by molar-refractivity contribution is 0.0694. The molecule has 0 bridgehead atoms. The number of hydrogen-bond acceptors (Lipinski definition) is 4. The molecule has 0 fully saturated rings. The van der Waals surface area contributed by atoms with Gasteiger partial charge in [-0.3, -0.25) is 0 Å². The largest absolute Gasteiger partial charge is 0.478 e. The van der Waals surface area contributed by atoms with Gasteiger partial charge in [-0.15, -0.1) is 0 Å². The third kappa shape index (κ3) is 1.22. The van der Waals surface area contributed by atoms with Crippen LogP contribution in [0.5, 0.6) is 0 Å². The molecule has 0 aromatic carbocycles. The quantitative estimate of drug-likeness (QED) is 0.747. The van der Waals surface area contributed by atoms with Gasteiger partial charge in [0.2, 0.25) is 0 Å². The van der Waals surface area contributed by atoms with Crippen molar-refractivity contribution >= 4 is 15.8 Å². The number of carboxylic acids is 1. The Balaban J connectivity index is 2.63. The first-order valence-corrected chi connectivity index (χ1v) is 5.78. The van der Waals surface area contributed by atoms with Crippen molar-refractivity contribution in [3.63, 3.8) is 0 Å². The van der Waals surface area contributed by atoms with Crippen LogP contribution < -0.4 is 0 Å². The fraction of sp³-hybridized carbons (Fsp3) is 0.375. The number of fused-ring (bicyclic) bond motifs is 1. The van der Waals surface area contributed by atoms with Crippen molar-refractivity contribution in [3.05, 3.63) is 22.6 Å². The van der Waals surface area contributed by atoms with Crippen molar-refractivity contribution in [1.29, 1.82) is 0 Å². The van der Waals surface area contributed by atoms with Crippen molar-refractivity contribution in [2.75, 3.05) is 0 Å². The standard InChI is InChI=1S/C8H8O5S/c1-4-7(8(9)10)5-2-14(11,12)3-6(5)13-4/h2-3H2,1H3,(H,9,10). The average Bonchev–Trinajstić information content (AvgIpc) is 2.37. The van der Waals surface area contributed by atoms with E-state index in [1.807, 2.05) is 0 Å². The van der Waals surface area contributed by atoms with Gasteiger partial charge in [-0.2, -0.15) is 0 Å². The van der Waals surface area contributed by atoms with Gasteiger partial charge in [0.05, 0.1) is 5.75 Å². The minimum atomic E-state index is -3.19. The van der Waals surface area contributed by atoms with Crippen molar-refractivity contribution in [1.82, 2.24) is 0 Å². The van der Waals surface area contributed by atoms with Crippen LogP contribution in [0.3, 0.4) is 0 Å². The molecular formula is C8H8O5S. The lowest BCUT2D eigenvalue weighted by atomic mass is 10.1. The van der Waals surface area contributed by atoms with Gasteiger partial charge in [-0.25, -0.2) is 13.2 Å². The number of furan rings is 1. The van der Waals surface area contributed by atoms with Gasteiger partial charge in [0, 0.05) is 5.56 Å². The van der Waals surface area contributed by atoms with E-state index < -0.39 is 15.8 Å². The maximum Gasteiger partial charge on any atom is 0.339 e. The van der Waals surface area contributed by atoms with E-state index in [-0.39, 0.29) is 28.6 Å². The van der Waals surface area contributed by atoms with Crippen LogP contribution in [-0.2, 0) is 21.3 Å². The molecule has 0 atom stereocenters. The Morgan fingerprint density at radius 1 is 1.43 bits per heavy atom. The molecule has 0 saturated heterocycles. The highest BCUT2D eigenvalue weighted by molar-refractivity contribution is 7.90. The second-order valence-electron chi connectivity index (χ2n) is 3.27. The number of hydrogen-bond donors (Lipinski definition) is 1. The number of rotatable bonds is 1. The van der Waals surface area contributed by atoms with Crippen LogP contribution in [0.25, 0.3) is 0 Å². The van der Waals surface area contributed by atoms with Crippen LogP contribution in [0, 0.1) is 6.92 Å². The van der Waals surface area contributed by atoms with E-state index in [0.29, 0.717) is 5.56 Å². The summed E-state index contributed by atoms with van der Waals surface area (Å²) in [7, 11) is -3.19. The summed E-state index contributed by atoms with van der Waals surface area (Å²) >= 11 is 0. The first-order chi connectivity index (χ1) is 6.41. The molecule has 2 heterocycles. The lowest BCUT2D eigenvalue weighted by Crippen LogP contribution is -2.03. The van der Waals surface area contributed by atoms with E-state index in [1.165, 1.54) is 6.92 Å². The molecule has 2 rings (SSSR count). The predicted octanol–water partition coefficient (Wildman–Crippen LogP) is 0.715. The molecule has 5 nitrogen and oxygen atoms in total. The maximum absolute atomic E-state index is 11.2. The fourth-order valence-electron chi connectivity index (χ4n) is 1.67. The third-order valence-electron chi connectivity index (χ3n) is 2.20. The summed E-state index contributed by atoms with van der Waals surface area (Å²) in [5, 5.41) is 8.83. The van der Waals surface area contributed by atoms with Crippen molar-refractivity contribution in [3.8, 4) is 0 Å². The molecule has 1 aliphatic heterocycles. The van der Waals surface area contributed by atoms with E-state index in [9.17, 15) is 13.2 Å². The van der Waals surface area contributed by atoms with Gasteiger partial charge in [0.25, 0.3) is 0 Å². The van der Waals surface area contributed by atoms with Crippen LogP contribution in [0.2, 0.25) is 0 Å². The third-order valence-corrected chi connectivity index (χ3v) is 3.63. The summed E-state index contributed by atoms with van der Waals surface area (Å²) in [5.41, 5.74) is 0.316. The smallest absolute Gasteiger partial charge is 0.339 e. The molecule has 14 heavy (non-hydrogen) atoms. The zero-order valence-electron chi connectivity index (χ0n) is 7.40. The summed E-state index contributed by atoms with van der Waals surface area (Å²) < 4.78 is 27.5. The van der Waals surface area contributed by atoms with Crippen LogP contribution in [0.1, 0.15) is 27.4 Å². The Hall–Kier alpha value is -1.30. The molecule has 0 aliphatic carbocycles. The Bertz CT molecular complexity index is 508. The maximum atomic E-state index is 11.2. The van der Waals surface area contributed by atoms with Crippen molar-refractivity contribution in [2.24, 2.45) is 0 Å². The molecule has 76 valence electrons. The van der Waals surface area contributed by atoms with Gasteiger partial charge in [0.1, 0.15) is 22.8 Å². The topological polar surface area (TPSA) is 84.6 Å². The molecule has 0 spiro atoms. The molecule has 1 aliphatic rings. The minimum Gasteiger partial charge on any atom is -0.478 e.